The van der Waals surface area contributed by atoms with Crippen LogP contribution in [-0.2, 0) is 59.4 Å². The van der Waals surface area contributed by atoms with Crippen molar-refractivity contribution in [1.29, 1.82) is 0 Å². The maximum atomic E-state index is 15.0. The number of rotatable bonds is 16. The van der Waals surface area contributed by atoms with Crippen molar-refractivity contribution in [3.05, 3.63) is 57.7 Å². The Morgan fingerprint density at radius 3 is 0.969 bits per heavy atom. The maximum absolute atomic E-state index is 15.0. The van der Waals surface area contributed by atoms with Gasteiger partial charge in [-0.1, -0.05) is 76.3 Å². The Bertz CT molecular complexity index is 3650. The van der Waals surface area contributed by atoms with Gasteiger partial charge in [0, 0.05) is 45.6 Å². The topological polar surface area (TPSA) is 221 Å². The molecule has 3 aliphatic carbocycles. The summed E-state index contributed by atoms with van der Waals surface area (Å²) < 4.78 is 456. The number of piperidine rings is 1. The summed E-state index contributed by atoms with van der Waals surface area (Å²) in [7, 11) is -39.5. The number of halogens is 25. The van der Waals surface area contributed by atoms with Crippen molar-refractivity contribution in [2.75, 3.05) is 37.7 Å². The van der Waals surface area contributed by atoms with Gasteiger partial charge in [-0.05, 0) is 92.7 Å². The van der Waals surface area contributed by atoms with Crippen LogP contribution in [0.4, 0.5) is 110 Å². The normalized spacial score (nSPS) is 19.9. The number of nitrogens with zero attached hydrogens (tertiary/aromatic N) is 2. The van der Waals surface area contributed by atoms with E-state index in [2.05, 4.69) is 12.1 Å². The zero-order valence-electron chi connectivity index (χ0n) is 51.0. The fourth-order valence-electron chi connectivity index (χ4n) is 10.9. The summed E-state index contributed by atoms with van der Waals surface area (Å²) in [5.41, 5.74) is -18.4. The quantitative estimate of drug-likeness (QED) is 0.113. The molecule has 3 saturated carbocycles. The minimum absolute atomic E-state index is 0.149. The van der Waals surface area contributed by atoms with Crippen LogP contribution in [0.15, 0.2) is 12.1 Å². The molecule has 15 nitrogen and oxygen atoms in total. The van der Waals surface area contributed by atoms with Crippen LogP contribution in [0.1, 0.15) is 169 Å². The molecule has 0 aromatic heterocycles. The molecule has 0 amide bonds. The fraction of sp³-hybridized carbons (Fsp3) is 0.769. The average molecular weight is 1590 g/mol. The molecule has 2 saturated heterocycles. The van der Waals surface area contributed by atoms with E-state index in [4.69, 9.17) is 4.74 Å². The summed E-state index contributed by atoms with van der Waals surface area (Å²) in [6, 6.07) is 4.43. The van der Waals surface area contributed by atoms with Crippen molar-refractivity contribution >= 4 is 59.4 Å². The highest BCUT2D eigenvalue weighted by atomic mass is 32.3. The molecule has 2 aliphatic heterocycles. The van der Waals surface area contributed by atoms with Crippen LogP contribution in [0.25, 0.3) is 0 Å². The summed E-state index contributed by atoms with van der Waals surface area (Å²) in [5.74, 6) is -29.5. The lowest BCUT2D eigenvalue weighted by Gasteiger charge is -2.35. The molecule has 0 N–H and O–H groups in total. The van der Waals surface area contributed by atoms with Crippen molar-refractivity contribution in [1.82, 2.24) is 8.61 Å². The highest BCUT2D eigenvalue weighted by Crippen LogP contribution is 2.53. The fourth-order valence-corrected chi connectivity index (χ4v) is 22.0. The number of benzene rings is 2. The molecule has 5 aliphatic rings. The lowest BCUT2D eigenvalue weighted by atomic mass is 9.75. The second-order valence-corrected chi connectivity index (χ2v) is 36.8. The minimum Gasteiger partial charge on any atom is -0.450 e. The molecule has 570 valence electrons. The first-order chi connectivity index (χ1) is 44.0. The van der Waals surface area contributed by atoms with E-state index < -0.39 is 187 Å². The van der Waals surface area contributed by atoms with E-state index in [0.717, 1.165) is 82.3 Å². The number of sulfonamides is 2. The van der Waals surface area contributed by atoms with Crippen molar-refractivity contribution in [3.8, 4) is 11.5 Å². The molecule has 2 aromatic carbocycles. The number of hydrogen-bond acceptors (Lipinski definition) is 13. The molecular weight excluding hydrogens is 1530 g/mol. The average Bonchev–Trinajstić information content (AvgIpc) is 0.740. The van der Waals surface area contributed by atoms with E-state index in [-0.39, 0.29) is 46.4 Å². The zero-order chi connectivity index (χ0) is 75.8. The van der Waals surface area contributed by atoms with Gasteiger partial charge in [0.1, 0.15) is 5.75 Å². The first-order valence-electron chi connectivity index (χ1n) is 29.0. The monoisotopic (exact) mass is 1590 g/mol. The van der Waals surface area contributed by atoms with Gasteiger partial charge in [0.2, 0.25) is 17.4 Å². The van der Waals surface area contributed by atoms with Crippen LogP contribution in [0.5, 0.6) is 11.5 Å². The molecule has 5 fully saturated rings. The predicted molar refractivity (Wildman–Crippen MR) is 298 cm³/mol. The minimum atomic E-state index is -7.94. The van der Waals surface area contributed by atoms with Crippen LogP contribution in [0.3, 0.4) is 0 Å². The Balaban J connectivity index is 0.000000290. The summed E-state index contributed by atoms with van der Waals surface area (Å²) in [4.78, 5) is 0. The van der Waals surface area contributed by atoms with E-state index in [1.54, 1.807) is 0 Å². The number of sulfone groups is 4. The Kier molecular flexibility index (Phi) is 26.9. The lowest BCUT2D eigenvalue weighted by Crippen LogP contribution is -2.61. The van der Waals surface area contributed by atoms with Gasteiger partial charge in [0.15, 0.2) is 21.5 Å². The first kappa shape index (κ1) is 86.5. The summed E-state index contributed by atoms with van der Waals surface area (Å²) in [5, 5.41) is -11.9. The second-order valence-electron chi connectivity index (χ2n) is 23.6. The number of ether oxygens (including phenoxy) is 1. The maximum Gasteiger partial charge on any atom is 0.499 e. The van der Waals surface area contributed by atoms with Crippen molar-refractivity contribution < 1.29 is 165 Å². The van der Waals surface area contributed by atoms with Gasteiger partial charge in [-0.3, -0.25) is 0 Å². The van der Waals surface area contributed by atoms with E-state index in [1.807, 2.05) is 0 Å². The van der Waals surface area contributed by atoms with Crippen LogP contribution in [-0.4, -0.2) is 151 Å². The molecule has 46 heteroatoms. The standard InChI is InChI=1S/C31H38F4O.C9H13F6NO2S.C8H11F6NO4S2.C4HF9O6S3/c1-19-26(32)28(34)31(29(35)27(19)33)36-30-24(21-13-7-3-8-14-21)17-23(20-11-5-2-6-12-20)18-25(30)22-15-9-4-10-16-22;1-7(10,11)8(12,13)9(14,15)19(17,18)16-5-3-2-4-6-16;1-6(9,10)7(11,12)8(13,14)21(18,19)15-2-4-20(16,17)5-3-15;5-2(6,7)20(14,15)1(21(16,17)3(8,9)10)22(18,19)4(11,12)13/h17-18,20-22H,2-16H2,1H3;2-6H2,1H3;2-5H2,1H3;1H. The summed E-state index contributed by atoms with van der Waals surface area (Å²) in [6.07, 6.45) is 17.8. The van der Waals surface area contributed by atoms with Crippen molar-refractivity contribution in [3.63, 3.8) is 0 Å². The molecule has 0 radical (unpaired) electrons. The van der Waals surface area contributed by atoms with Crippen molar-refractivity contribution in [2.45, 2.75) is 209 Å². The van der Waals surface area contributed by atoms with Crippen LogP contribution >= 0.6 is 0 Å². The van der Waals surface area contributed by atoms with E-state index in [1.165, 1.54) is 37.7 Å². The Morgan fingerprint density at radius 2 is 0.684 bits per heavy atom. The lowest BCUT2D eigenvalue weighted by molar-refractivity contribution is -0.272. The van der Waals surface area contributed by atoms with Crippen molar-refractivity contribution in [2.24, 2.45) is 0 Å². The number of hydrogen-bond donors (Lipinski definition) is 0. The Labute approximate surface area is 546 Å². The van der Waals surface area contributed by atoms with Crippen LogP contribution in [0, 0.1) is 30.2 Å². The molecule has 2 aromatic rings. The highest BCUT2D eigenvalue weighted by molar-refractivity contribution is 8.24. The SMILES string of the molecule is CC(F)(F)C(F)(F)C(F)(F)S(=O)(=O)N1CCCCC1.CC(F)(F)C(F)(F)C(F)(F)S(=O)(=O)N1CCS(=O)(=O)CC1.Cc1c(F)c(F)c(Oc2c(C3CCCCC3)cc(C3CCCCC3)cc2C2CCCCC2)c(F)c1F.O=S(=O)(C(S(=O)(=O)C(F)(F)F)S(=O)(=O)C(F)(F)F)C(F)(F)F. The third-order valence-electron chi connectivity index (χ3n) is 16.5. The Morgan fingerprint density at radius 1 is 0.408 bits per heavy atom. The van der Waals surface area contributed by atoms with Gasteiger partial charge in [-0.15, -0.1) is 0 Å². The molecule has 98 heavy (non-hydrogen) atoms. The first-order valence-corrected chi connectivity index (χ1v) is 38.4. The van der Waals surface area contributed by atoms with E-state index in [9.17, 15) is 151 Å². The molecule has 0 unspecified atom stereocenters. The van der Waals surface area contributed by atoms with Gasteiger partial charge in [-0.2, -0.15) is 110 Å². The predicted octanol–water partition coefficient (Wildman–Crippen LogP) is 15.2. The molecular formula is C52H63F25N2O13S6. The summed E-state index contributed by atoms with van der Waals surface area (Å²) >= 11 is 0. The van der Waals surface area contributed by atoms with E-state index in [0.29, 0.717) is 18.1 Å². The third-order valence-corrected chi connectivity index (χ3v) is 30.0. The van der Waals surface area contributed by atoms with Crippen LogP contribution in [0.2, 0.25) is 0 Å². The molecule has 0 bridgehead atoms. The number of alkyl halides is 21. The Hall–Kier alpha value is -3.89. The third kappa shape index (κ3) is 17.8. The molecule has 0 spiro atoms. The van der Waals surface area contributed by atoms with Gasteiger partial charge in [-0.25, -0.2) is 59.3 Å². The molecule has 7 rings (SSSR count). The highest BCUT2D eigenvalue weighted by Gasteiger charge is 2.78. The summed E-state index contributed by atoms with van der Waals surface area (Å²) in [6.45, 7) is -2.66. The molecule has 0 atom stereocenters. The smallest absolute Gasteiger partial charge is 0.450 e. The van der Waals surface area contributed by atoms with Gasteiger partial charge in [0.25, 0.3) is 53.5 Å². The molecule has 2 heterocycles. The zero-order valence-corrected chi connectivity index (χ0v) is 55.9. The van der Waals surface area contributed by atoms with E-state index >= 15 is 8.78 Å². The second kappa shape index (κ2) is 30.4. The van der Waals surface area contributed by atoms with Gasteiger partial charge in [0.05, 0.1) is 11.5 Å². The van der Waals surface area contributed by atoms with Gasteiger partial charge < -0.3 is 4.74 Å². The largest absolute Gasteiger partial charge is 0.499 e. The van der Waals surface area contributed by atoms with Crippen LogP contribution < -0.4 is 4.74 Å². The van der Waals surface area contributed by atoms with Gasteiger partial charge >= 0.3 is 50.7 Å².